The van der Waals surface area contributed by atoms with Gasteiger partial charge in [-0.2, -0.15) is 4.99 Å². The zero-order valence-corrected chi connectivity index (χ0v) is 32.1. The number of rotatable bonds is 8. The predicted octanol–water partition coefficient (Wildman–Crippen LogP) is 12.1. The zero-order chi connectivity index (χ0) is 38.9. The quantitative estimate of drug-likeness (QED) is 0.118. The number of hydrogen-bond donors (Lipinski definition) is 2. The van der Waals surface area contributed by atoms with Crippen molar-refractivity contribution >= 4 is 69.4 Å². The Bertz CT molecular complexity index is 2890. The summed E-state index contributed by atoms with van der Waals surface area (Å²) in [5.41, 5.74) is 15.3. The van der Waals surface area contributed by atoms with Gasteiger partial charge in [-0.25, -0.2) is 9.97 Å². The molecule has 0 radical (unpaired) electrons. The smallest absolute Gasteiger partial charge is 0.118 e. The number of aromatic nitrogens is 4. The minimum Gasteiger partial charge on any atom is -0.497 e. The van der Waals surface area contributed by atoms with Crippen LogP contribution in [0.1, 0.15) is 22.8 Å². The van der Waals surface area contributed by atoms with Crippen molar-refractivity contribution in [2.24, 2.45) is 4.99 Å². The standard InChI is InChI=1S/C48H35N5O3S/c1-54-34-14-6-30(7-15-34)46-39-22-20-37(50-39)45(29-4-12-33(13-5-29)49-28-57)38-21-23-40(51-38)47(31-8-16-35(55-2)17-9-31)42-25-27-44(53-42)48(43-26-24-41(46)52-43)32-10-18-36(56-3)19-11-32/h4-27,50,53H,1-3H3. The first-order chi connectivity index (χ1) is 28.0. The third-order valence-electron chi connectivity index (χ3n) is 10.2. The molecule has 9 rings (SSSR count). The van der Waals surface area contributed by atoms with Crippen LogP contribution in [0.4, 0.5) is 5.69 Å². The van der Waals surface area contributed by atoms with Gasteiger partial charge < -0.3 is 24.2 Å². The van der Waals surface area contributed by atoms with Crippen molar-refractivity contribution < 1.29 is 14.2 Å². The maximum Gasteiger partial charge on any atom is 0.118 e. The van der Waals surface area contributed by atoms with Crippen molar-refractivity contribution in [1.82, 2.24) is 19.9 Å². The second kappa shape index (κ2) is 15.1. The molecule has 5 heterocycles. The van der Waals surface area contributed by atoms with Crippen LogP contribution in [0.25, 0.3) is 90.9 Å². The van der Waals surface area contributed by atoms with Gasteiger partial charge in [0.2, 0.25) is 0 Å². The molecule has 9 heteroatoms. The van der Waals surface area contributed by atoms with Crippen LogP contribution in [0.2, 0.25) is 0 Å². The van der Waals surface area contributed by atoms with Crippen molar-refractivity contribution in [2.45, 2.75) is 0 Å². The van der Waals surface area contributed by atoms with Gasteiger partial charge in [0.15, 0.2) is 0 Å². The van der Waals surface area contributed by atoms with Crippen molar-refractivity contribution in [3.8, 4) is 61.8 Å². The number of H-pyrrole nitrogens is 2. The fourth-order valence-corrected chi connectivity index (χ4v) is 7.55. The lowest BCUT2D eigenvalue weighted by molar-refractivity contribution is 0.415. The molecule has 0 unspecified atom stereocenters. The van der Waals surface area contributed by atoms with Crippen LogP contribution < -0.4 is 14.2 Å². The molecular weight excluding hydrogens is 727 g/mol. The molecule has 2 aliphatic rings. The Morgan fingerprint density at radius 2 is 0.702 bits per heavy atom. The SMILES string of the molecule is COc1ccc(-c2c3nc(c(-c4ccc(OC)cc4)c4ccc([nH]4)c(-c4ccc(OC)cc4)c4nc(c(-c5ccc(N=C=S)cc5)c5ccc2[nH]5)C=C4)C=C3)cc1. The van der Waals surface area contributed by atoms with E-state index in [1.165, 1.54) is 0 Å². The summed E-state index contributed by atoms with van der Waals surface area (Å²) in [6, 6.07) is 40.6. The van der Waals surface area contributed by atoms with Crippen LogP contribution in [0.3, 0.4) is 0 Å². The largest absolute Gasteiger partial charge is 0.497 e. The van der Waals surface area contributed by atoms with Gasteiger partial charge >= 0.3 is 0 Å². The number of isothiocyanates is 1. The van der Waals surface area contributed by atoms with E-state index in [-0.39, 0.29) is 0 Å². The highest BCUT2D eigenvalue weighted by Crippen LogP contribution is 2.39. The van der Waals surface area contributed by atoms with Crippen LogP contribution in [-0.2, 0) is 0 Å². The van der Waals surface area contributed by atoms with Crippen LogP contribution in [-0.4, -0.2) is 46.4 Å². The van der Waals surface area contributed by atoms with Crippen LogP contribution >= 0.6 is 12.2 Å². The average molecular weight is 762 g/mol. The monoisotopic (exact) mass is 761 g/mol. The second-order valence-corrected chi connectivity index (χ2v) is 13.6. The average Bonchev–Trinajstić information content (AvgIpc) is 4.10. The molecule has 0 aliphatic carbocycles. The normalized spacial score (nSPS) is 11.6. The molecule has 57 heavy (non-hydrogen) atoms. The van der Waals surface area contributed by atoms with E-state index in [1.807, 2.05) is 60.7 Å². The lowest BCUT2D eigenvalue weighted by Gasteiger charge is -2.08. The van der Waals surface area contributed by atoms with E-state index in [4.69, 9.17) is 36.4 Å². The molecular formula is C48H35N5O3S. The lowest BCUT2D eigenvalue weighted by Crippen LogP contribution is -1.90. The molecule has 3 aromatic heterocycles. The van der Waals surface area contributed by atoms with Crippen LogP contribution in [0, 0.1) is 0 Å². The summed E-state index contributed by atoms with van der Waals surface area (Å²) in [5.74, 6) is 2.32. The molecule has 0 fully saturated rings. The zero-order valence-electron chi connectivity index (χ0n) is 31.3. The van der Waals surface area contributed by atoms with E-state index >= 15 is 0 Å². The summed E-state index contributed by atoms with van der Waals surface area (Å²) < 4.78 is 16.6. The molecule has 2 N–H and O–H groups in total. The van der Waals surface area contributed by atoms with E-state index in [2.05, 4.69) is 105 Å². The van der Waals surface area contributed by atoms with Gasteiger partial charge in [0.05, 0.1) is 55.0 Å². The molecule has 4 aromatic carbocycles. The summed E-state index contributed by atoms with van der Waals surface area (Å²) >= 11 is 4.88. The van der Waals surface area contributed by atoms with Gasteiger partial charge in [-0.3, -0.25) is 0 Å². The molecule has 8 nitrogen and oxygen atoms in total. The topological polar surface area (TPSA) is 97.4 Å². The van der Waals surface area contributed by atoms with Crippen molar-refractivity contribution in [2.75, 3.05) is 21.3 Å². The Kier molecular flexibility index (Phi) is 9.36. The Hall–Kier alpha value is -7.32. The summed E-state index contributed by atoms with van der Waals surface area (Å²) in [6.45, 7) is 0. The Balaban J connectivity index is 1.43. The van der Waals surface area contributed by atoms with Gasteiger partial charge in [-0.1, -0.05) is 48.5 Å². The Morgan fingerprint density at radius 3 is 0.965 bits per heavy atom. The van der Waals surface area contributed by atoms with E-state index in [0.717, 1.165) is 112 Å². The molecule has 8 bridgehead atoms. The first-order valence-electron chi connectivity index (χ1n) is 18.3. The number of ether oxygens (including phenoxy) is 3. The summed E-state index contributed by atoms with van der Waals surface area (Å²) in [7, 11) is 5.02. The molecule has 0 saturated heterocycles. The Morgan fingerprint density at radius 1 is 0.421 bits per heavy atom. The van der Waals surface area contributed by atoms with Gasteiger partial charge in [0, 0.05) is 44.3 Å². The summed E-state index contributed by atoms with van der Waals surface area (Å²) in [6.07, 6.45) is 8.32. The Labute approximate surface area is 334 Å². The lowest BCUT2D eigenvalue weighted by atomic mass is 10.0. The first kappa shape index (κ1) is 35.4. The minimum absolute atomic E-state index is 0.725. The minimum atomic E-state index is 0.725. The third kappa shape index (κ3) is 6.72. The molecule has 0 saturated carbocycles. The summed E-state index contributed by atoms with van der Waals surface area (Å²) in [4.78, 5) is 22.5. The van der Waals surface area contributed by atoms with Gasteiger partial charge in [0.1, 0.15) is 17.2 Å². The fourth-order valence-electron chi connectivity index (χ4n) is 7.45. The number of thiocarbonyl (C=S) groups is 1. The highest BCUT2D eigenvalue weighted by atomic mass is 32.1. The number of nitrogens with one attached hydrogen (secondary N) is 2. The second-order valence-electron chi connectivity index (χ2n) is 13.4. The van der Waals surface area contributed by atoms with Crippen LogP contribution in [0.15, 0.2) is 126 Å². The van der Waals surface area contributed by atoms with Crippen molar-refractivity contribution in [1.29, 1.82) is 0 Å². The highest BCUT2D eigenvalue weighted by Gasteiger charge is 2.19. The van der Waals surface area contributed by atoms with E-state index in [0.29, 0.717) is 0 Å². The highest BCUT2D eigenvalue weighted by molar-refractivity contribution is 7.78. The summed E-state index contributed by atoms with van der Waals surface area (Å²) in [5, 5.41) is 2.47. The molecule has 7 aromatic rings. The third-order valence-corrected chi connectivity index (χ3v) is 10.3. The number of hydrogen-bond acceptors (Lipinski definition) is 7. The molecule has 0 atom stereocenters. The predicted molar refractivity (Wildman–Crippen MR) is 235 cm³/mol. The first-order valence-corrected chi connectivity index (χ1v) is 18.7. The number of methoxy groups -OCH3 is 3. The fraction of sp³-hybridized carbons (Fsp3) is 0.0625. The molecule has 2 aliphatic heterocycles. The number of fused-ring (bicyclic) bond motifs is 8. The van der Waals surface area contributed by atoms with Crippen LogP contribution in [0.5, 0.6) is 17.2 Å². The maximum atomic E-state index is 5.53. The van der Waals surface area contributed by atoms with Gasteiger partial charge in [-0.15, -0.1) is 0 Å². The van der Waals surface area contributed by atoms with E-state index in [1.54, 1.807) is 21.3 Å². The van der Waals surface area contributed by atoms with E-state index < -0.39 is 0 Å². The molecule has 0 spiro atoms. The van der Waals surface area contributed by atoms with E-state index in [9.17, 15) is 0 Å². The van der Waals surface area contributed by atoms with Crippen molar-refractivity contribution in [3.05, 3.63) is 144 Å². The van der Waals surface area contributed by atoms with Gasteiger partial charge in [0.25, 0.3) is 0 Å². The van der Waals surface area contributed by atoms with Crippen molar-refractivity contribution in [3.63, 3.8) is 0 Å². The maximum absolute atomic E-state index is 5.53. The number of benzene rings is 4. The molecule has 0 amide bonds. The molecule has 276 valence electrons. The van der Waals surface area contributed by atoms with Gasteiger partial charge in [-0.05, 0) is 132 Å². The number of aliphatic imine (C=N–C) groups is 1. The number of nitrogens with zero attached hydrogens (tertiary/aromatic N) is 3. The number of aromatic amines is 2.